The van der Waals surface area contributed by atoms with Crippen LogP contribution in [0, 0.1) is 3.57 Å². The number of halogens is 1. The lowest BCUT2D eigenvalue weighted by Crippen LogP contribution is -2.48. The van der Waals surface area contributed by atoms with Crippen LogP contribution in [0.25, 0.3) is 0 Å². The normalized spacial score (nSPS) is 18.8. The summed E-state index contributed by atoms with van der Waals surface area (Å²) in [4.78, 5) is 7.16. The van der Waals surface area contributed by atoms with Gasteiger partial charge in [-0.15, -0.1) is 0 Å². The molecule has 1 aliphatic heterocycles. The largest absolute Gasteiger partial charge is 0.496 e. The van der Waals surface area contributed by atoms with Crippen molar-refractivity contribution in [3.63, 3.8) is 0 Å². The molecule has 1 unspecified atom stereocenters. The number of methoxy groups -OCH3 is 1. The van der Waals surface area contributed by atoms with Gasteiger partial charge in [0.15, 0.2) is 0 Å². The Morgan fingerprint density at radius 2 is 2.08 bits per heavy atom. The zero-order valence-corrected chi connectivity index (χ0v) is 18.4. The molecule has 0 bridgehead atoms. The molecule has 0 fully saturated rings. The van der Waals surface area contributed by atoms with Gasteiger partial charge in [-0.1, -0.05) is 13.0 Å². The summed E-state index contributed by atoms with van der Waals surface area (Å²) in [6.45, 7) is 10.2. The van der Waals surface area contributed by atoms with Crippen molar-refractivity contribution in [3.05, 3.63) is 51.1 Å². The highest BCUT2D eigenvalue weighted by molar-refractivity contribution is 14.1. The van der Waals surface area contributed by atoms with E-state index in [0.717, 1.165) is 30.0 Å². The standard InChI is InChI=1S/C22H27IN2O/c1-6-25-20-12-21(26-5)16(10-19(20)15(2)13-22(25,3)4)14-24-18-9-7-8-17(23)11-18/h7-12,14-15H,6,13H2,1-5H3. The van der Waals surface area contributed by atoms with Crippen LogP contribution < -0.4 is 9.64 Å². The molecule has 0 aliphatic carbocycles. The zero-order chi connectivity index (χ0) is 18.9. The van der Waals surface area contributed by atoms with E-state index in [1.807, 2.05) is 18.3 Å². The third kappa shape index (κ3) is 3.75. The molecule has 4 heteroatoms. The Morgan fingerprint density at radius 1 is 1.31 bits per heavy atom. The highest BCUT2D eigenvalue weighted by Gasteiger charge is 2.36. The summed E-state index contributed by atoms with van der Waals surface area (Å²) in [6, 6.07) is 12.6. The molecule has 0 aromatic heterocycles. The van der Waals surface area contributed by atoms with Crippen molar-refractivity contribution in [2.45, 2.75) is 45.6 Å². The molecule has 2 aromatic carbocycles. The van der Waals surface area contributed by atoms with Crippen LogP contribution in [0.5, 0.6) is 5.75 Å². The predicted octanol–water partition coefficient (Wildman–Crippen LogP) is 6.16. The van der Waals surface area contributed by atoms with Gasteiger partial charge >= 0.3 is 0 Å². The Labute approximate surface area is 170 Å². The number of hydrogen-bond donors (Lipinski definition) is 0. The fourth-order valence-corrected chi connectivity index (χ4v) is 4.63. The SMILES string of the molecule is CCN1c2cc(OC)c(C=Nc3cccc(I)c3)cc2C(C)CC1(C)C. The van der Waals surface area contributed by atoms with E-state index in [4.69, 9.17) is 4.74 Å². The molecule has 3 rings (SSSR count). The van der Waals surface area contributed by atoms with Crippen LogP contribution in [0.2, 0.25) is 0 Å². The smallest absolute Gasteiger partial charge is 0.129 e. The number of rotatable bonds is 4. The van der Waals surface area contributed by atoms with Crippen LogP contribution >= 0.6 is 22.6 Å². The maximum absolute atomic E-state index is 5.70. The quantitative estimate of drug-likeness (QED) is 0.402. The molecule has 0 amide bonds. The second-order valence-electron chi connectivity index (χ2n) is 7.55. The van der Waals surface area contributed by atoms with Crippen LogP contribution in [0.4, 0.5) is 11.4 Å². The van der Waals surface area contributed by atoms with E-state index in [0.29, 0.717) is 5.92 Å². The molecule has 26 heavy (non-hydrogen) atoms. The topological polar surface area (TPSA) is 24.8 Å². The summed E-state index contributed by atoms with van der Waals surface area (Å²) in [7, 11) is 1.73. The molecule has 138 valence electrons. The molecule has 1 atom stereocenters. The van der Waals surface area contributed by atoms with Gasteiger partial charge in [-0.25, -0.2) is 0 Å². The van der Waals surface area contributed by atoms with Gasteiger partial charge in [-0.05, 0) is 85.5 Å². The first-order valence-electron chi connectivity index (χ1n) is 9.15. The monoisotopic (exact) mass is 462 g/mol. The van der Waals surface area contributed by atoms with Gasteiger partial charge in [-0.3, -0.25) is 4.99 Å². The first kappa shape index (κ1) is 19.2. The van der Waals surface area contributed by atoms with E-state index in [9.17, 15) is 0 Å². The van der Waals surface area contributed by atoms with E-state index in [1.54, 1.807) is 7.11 Å². The highest BCUT2D eigenvalue weighted by atomic mass is 127. The fourth-order valence-electron chi connectivity index (χ4n) is 4.10. The summed E-state index contributed by atoms with van der Waals surface area (Å²) >= 11 is 2.31. The maximum atomic E-state index is 5.70. The zero-order valence-electron chi connectivity index (χ0n) is 16.2. The van der Waals surface area contributed by atoms with E-state index < -0.39 is 0 Å². The van der Waals surface area contributed by atoms with Crippen molar-refractivity contribution in [1.29, 1.82) is 0 Å². The van der Waals surface area contributed by atoms with Crippen molar-refractivity contribution in [2.75, 3.05) is 18.6 Å². The minimum absolute atomic E-state index is 0.155. The number of benzene rings is 2. The van der Waals surface area contributed by atoms with E-state index in [2.05, 4.69) is 84.4 Å². The molecule has 3 nitrogen and oxygen atoms in total. The van der Waals surface area contributed by atoms with E-state index in [-0.39, 0.29) is 5.54 Å². The number of fused-ring (bicyclic) bond motifs is 1. The summed E-state index contributed by atoms with van der Waals surface area (Å²) in [5, 5.41) is 0. The Balaban J connectivity index is 2.05. The summed E-state index contributed by atoms with van der Waals surface area (Å²) in [5.41, 5.74) is 4.83. The molecular formula is C22H27IN2O. The molecule has 0 spiro atoms. The number of aliphatic imine (C=N–C) groups is 1. The number of nitrogens with zero attached hydrogens (tertiary/aromatic N) is 2. The van der Waals surface area contributed by atoms with Gasteiger partial charge in [-0.2, -0.15) is 0 Å². The average molecular weight is 462 g/mol. The van der Waals surface area contributed by atoms with Crippen LogP contribution in [0.3, 0.4) is 0 Å². The van der Waals surface area contributed by atoms with Gasteiger partial charge in [0.2, 0.25) is 0 Å². The first-order chi connectivity index (χ1) is 12.4. The van der Waals surface area contributed by atoms with Gasteiger partial charge < -0.3 is 9.64 Å². The van der Waals surface area contributed by atoms with E-state index in [1.165, 1.54) is 14.8 Å². The lowest BCUT2D eigenvalue weighted by atomic mass is 9.79. The molecule has 0 radical (unpaired) electrons. The van der Waals surface area contributed by atoms with Gasteiger partial charge in [0.25, 0.3) is 0 Å². The Bertz CT molecular complexity index is 829. The molecule has 0 saturated heterocycles. The Morgan fingerprint density at radius 3 is 2.73 bits per heavy atom. The number of anilines is 1. The van der Waals surface area contributed by atoms with Crippen LogP contribution in [-0.4, -0.2) is 25.4 Å². The van der Waals surface area contributed by atoms with Crippen LogP contribution in [-0.2, 0) is 0 Å². The third-order valence-corrected chi connectivity index (χ3v) is 5.89. The molecule has 0 saturated carbocycles. The van der Waals surface area contributed by atoms with Gasteiger partial charge in [0, 0.05) is 39.2 Å². The van der Waals surface area contributed by atoms with Crippen molar-refractivity contribution < 1.29 is 4.74 Å². The molecule has 0 N–H and O–H groups in total. The van der Waals surface area contributed by atoms with E-state index >= 15 is 0 Å². The van der Waals surface area contributed by atoms with Gasteiger partial charge in [0.05, 0.1) is 12.8 Å². The first-order valence-corrected chi connectivity index (χ1v) is 10.2. The molecule has 1 heterocycles. The van der Waals surface area contributed by atoms with Crippen LogP contribution in [0.1, 0.15) is 51.2 Å². The van der Waals surface area contributed by atoms with Crippen molar-refractivity contribution >= 4 is 40.2 Å². The Hall–Kier alpha value is -1.56. The fraction of sp³-hybridized carbons (Fsp3) is 0.409. The Kier molecular flexibility index (Phi) is 5.61. The summed E-state index contributed by atoms with van der Waals surface area (Å²) in [5.74, 6) is 1.39. The highest BCUT2D eigenvalue weighted by Crippen LogP contribution is 2.45. The lowest BCUT2D eigenvalue weighted by molar-refractivity contribution is 0.377. The summed E-state index contributed by atoms with van der Waals surface area (Å²) < 4.78 is 6.88. The van der Waals surface area contributed by atoms with Gasteiger partial charge in [0.1, 0.15) is 5.75 Å². The molecular weight excluding hydrogens is 435 g/mol. The predicted molar refractivity (Wildman–Crippen MR) is 120 cm³/mol. The second-order valence-corrected chi connectivity index (χ2v) is 8.80. The van der Waals surface area contributed by atoms with Crippen molar-refractivity contribution in [1.82, 2.24) is 0 Å². The molecule has 2 aromatic rings. The van der Waals surface area contributed by atoms with Crippen molar-refractivity contribution in [3.8, 4) is 5.75 Å². The maximum Gasteiger partial charge on any atom is 0.129 e. The third-order valence-electron chi connectivity index (χ3n) is 5.21. The van der Waals surface area contributed by atoms with Crippen molar-refractivity contribution in [2.24, 2.45) is 4.99 Å². The minimum atomic E-state index is 0.155. The number of ether oxygens (including phenoxy) is 1. The van der Waals surface area contributed by atoms with Crippen LogP contribution in [0.15, 0.2) is 41.4 Å². The second kappa shape index (κ2) is 7.59. The molecule has 1 aliphatic rings. The summed E-state index contributed by atoms with van der Waals surface area (Å²) in [6.07, 6.45) is 3.07. The average Bonchev–Trinajstić information content (AvgIpc) is 2.59. The number of hydrogen-bond acceptors (Lipinski definition) is 3. The lowest BCUT2D eigenvalue weighted by Gasteiger charge is -2.47. The minimum Gasteiger partial charge on any atom is -0.496 e.